The lowest BCUT2D eigenvalue weighted by Gasteiger charge is -2.01. The van der Waals surface area contributed by atoms with Gasteiger partial charge in [-0.1, -0.05) is 18.6 Å². The van der Waals surface area contributed by atoms with E-state index in [0.29, 0.717) is 0 Å². The second-order valence-corrected chi connectivity index (χ2v) is 3.62. The molecule has 0 fully saturated rings. The maximum Gasteiger partial charge on any atom is 0.269 e. The van der Waals surface area contributed by atoms with Crippen LogP contribution in [0.5, 0.6) is 0 Å². The normalized spacial score (nSPS) is 11.5. The molecule has 0 atom stereocenters. The van der Waals surface area contributed by atoms with E-state index in [1.165, 1.54) is 17.7 Å². The monoisotopic (exact) mass is 220 g/mol. The standard InChI is InChI=1S/C12H16N2O2/c1-3-13-9-10(2)8-11-4-6-12(7-5-11)14(15)16/h4-8,13H,3,9H2,1-2H3. The minimum atomic E-state index is -0.390. The van der Waals surface area contributed by atoms with Gasteiger partial charge in [0.2, 0.25) is 0 Å². The van der Waals surface area contributed by atoms with Crippen LogP contribution in [0.2, 0.25) is 0 Å². The summed E-state index contributed by atoms with van der Waals surface area (Å²) in [5, 5.41) is 13.7. The van der Waals surface area contributed by atoms with Gasteiger partial charge in [-0.25, -0.2) is 0 Å². The highest BCUT2D eigenvalue weighted by Crippen LogP contribution is 2.13. The van der Waals surface area contributed by atoms with Crippen LogP contribution in [0.15, 0.2) is 29.8 Å². The Morgan fingerprint density at radius 1 is 1.44 bits per heavy atom. The number of rotatable bonds is 5. The first-order valence-corrected chi connectivity index (χ1v) is 5.26. The largest absolute Gasteiger partial charge is 0.313 e. The molecule has 0 amide bonds. The van der Waals surface area contributed by atoms with E-state index in [-0.39, 0.29) is 10.6 Å². The van der Waals surface area contributed by atoms with Crippen molar-refractivity contribution < 1.29 is 4.92 Å². The van der Waals surface area contributed by atoms with Crippen LogP contribution in [0.25, 0.3) is 6.08 Å². The van der Waals surface area contributed by atoms with Crippen LogP contribution in [0, 0.1) is 10.1 Å². The molecule has 0 aromatic heterocycles. The molecule has 0 saturated heterocycles. The fourth-order valence-electron chi connectivity index (χ4n) is 1.35. The molecule has 1 aromatic carbocycles. The Balaban J connectivity index is 2.71. The highest BCUT2D eigenvalue weighted by molar-refractivity contribution is 5.54. The van der Waals surface area contributed by atoms with Gasteiger partial charge in [-0.3, -0.25) is 10.1 Å². The minimum absolute atomic E-state index is 0.126. The van der Waals surface area contributed by atoms with E-state index in [1.54, 1.807) is 12.1 Å². The van der Waals surface area contributed by atoms with Crippen molar-refractivity contribution in [3.8, 4) is 0 Å². The van der Waals surface area contributed by atoms with Crippen molar-refractivity contribution in [1.82, 2.24) is 5.32 Å². The van der Waals surface area contributed by atoms with Gasteiger partial charge in [-0.15, -0.1) is 0 Å². The van der Waals surface area contributed by atoms with Gasteiger partial charge in [0.25, 0.3) is 5.69 Å². The van der Waals surface area contributed by atoms with Crippen molar-refractivity contribution in [1.29, 1.82) is 0 Å². The van der Waals surface area contributed by atoms with E-state index in [1.807, 2.05) is 13.0 Å². The van der Waals surface area contributed by atoms with Gasteiger partial charge in [0.05, 0.1) is 4.92 Å². The molecule has 0 spiro atoms. The zero-order valence-corrected chi connectivity index (χ0v) is 9.56. The van der Waals surface area contributed by atoms with Gasteiger partial charge in [0.15, 0.2) is 0 Å². The van der Waals surface area contributed by atoms with Gasteiger partial charge in [-0.05, 0) is 31.2 Å². The molecule has 0 unspecified atom stereocenters. The highest BCUT2D eigenvalue weighted by Gasteiger charge is 2.02. The van der Waals surface area contributed by atoms with Crippen LogP contribution in [-0.2, 0) is 0 Å². The summed E-state index contributed by atoms with van der Waals surface area (Å²) in [7, 11) is 0. The van der Waals surface area contributed by atoms with Crippen molar-refractivity contribution in [3.05, 3.63) is 45.5 Å². The van der Waals surface area contributed by atoms with Crippen molar-refractivity contribution in [3.63, 3.8) is 0 Å². The molecule has 16 heavy (non-hydrogen) atoms. The maximum atomic E-state index is 10.5. The Morgan fingerprint density at radius 3 is 2.56 bits per heavy atom. The summed E-state index contributed by atoms with van der Waals surface area (Å²) < 4.78 is 0. The van der Waals surface area contributed by atoms with Crippen LogP contribution in [-0.4, -0.2) is 18.0 Å². The molecular weight excluding hydrogens is 204 g/mol. The molecule has 0 saturated carbocycles. The van der Waals surface area contributed by atoms with E-state index in [0.717, 1.165) is 18.7 Å². The van der Waals surface area contributed by atoms with Crippen LogP contribution < -0.4 is 5.32 Å². The van der Waals surface area contributed by atoms with Crippen molar-refractivity contribution in [2.45, 2.75) is 13.8 Å². The topological polar surface area (TPSA) is 55.2 Å². The summed E-state index contributed by atoms with van der Waals surface area (Å²) in [6.45, 7) is 5.86. The molecule has 4 nitrogen and oxygen atoms in total. The van der Waals surface area contributed by atoms with Gasteiger partial charge in [-0.2, -0.15) is 0 Å². The number of hydrogen-bond donors (Lipinski definition) is 1. The number of nitro groups is 1. The predicted octanol–water partition coefficient (Wildman–Crippen LogP) is 2.61. The Labute approximate surface area is 95.1 Å². The smallest absolute Gasteiger partial charge is 0.269 e. The molecule has 1 rings (SSSR count). The molecule has 0 bridgehead atoms. The van der Waals surface area contributed by atoms with Crippen LogP contribution in [0.4, 0.5) is 5.69 Å². The Kier molecular flexibility index (Phi) is 4.66. The number of hydrogen-bond acceptors (Lipinski definition) is 3. The lowest BCUT2D eigenvalue weighted by atomic mass is 10.1. The second-order valence-electron chi connectivity index (χ2n) is 3.62. The molecule has 0 radical (unpaired) electrons. The molecule has 0 heterocycles. The molecule has 4 heteroatoms. The molecule has 86 valence electrons. The summed E-state index contributed by atoms with van der Waals surface area (Å²) >= 11 is 0. The molecule has 0 aliphatic rings. The Bertz CT molecular complexity index is 383. The number of nitrogens with zero attached hydrogens (tertiary/aromatic N) is 1. The van der Waals surface area contributed by atoms with E-state index in [2.05, 4.69) is 12.2 Å². The van der Waals surface area contributed by atoms with Gasteiger partial charge >= 0.3 is 0 Å². The molecule has 0 aliphatic heterocycles. The zero-order valence-electron chi connectivity index (χ0n) is 9.56. The van der Waals surface area contributed by atoms with Crippen molar-refractivity contribution in [2.75, 3.05) is 13.1 Å². The number of likely N-dealkylation sites (N-methyl/N-ethyl adjacent to an activating group) is 1. The average molecular weight is 220 g/mol. The third kappa shape index (κ3) is 3.82. The third-order valence-electron chi connectivity index (χ3n) is 2.17. The van der Waals surface area contributed by atoms with E-state index in [4.69, 9.17) is 0 Å². The minimum Gasteiger partial charge on any atom is -0.313 e. The van der Waals surface area contributed by atoms with Gasteiger partial charge in [0.1, 0.15) is 0 Å². The van der Waals surface area contributed by atoms with E-state index < -0.39 is 0 Å². The van der Waals surface area contributed by atoms with Crippen molar-refractivity contribution in [2.24, 2.45) is 0 Å². The molecule has 1 aromatic rings. The van der Waals surface area contributed by atoms with Crippen LogP contribution in [0.1, 0.15) is 19.4 Å². The maximum absolute atomic E-state index is 10.5. The lowest BCUT2D eigenvalue weighted by molar-refractivity contribution is -0.384. The summed E-state index contributed by atoms with van der Waals surface area (Å²) in [4.78, 5) is 10.1. The van der Waals surface area contributed by atoms with Gasteiger partial charge in [0, 0.05) is 18.7 Å². The summed E-state index contributed by atoms with van der Waals surface area (Å²) in [6.07, 6.45) is 2.02. The average Bonchev–Trinajstić information content (AvgIpc) is 2.27. The van der Waals surface area contributed by atoms with E-state index >= 15 is 0 Å². The predicted molar refractivity (Wildman–Crippen MR) is 65.3 cm³/mol. The summed E-state index contributed by atoms with van der Waals surface area (Å²) in [5.41, 5.74) is 2.32. The Hall–Kier alpha value is -1.68. The van der Waals surface area contributed by atoms with Gasteiger partial charge < -0.3 is 5.32 Å². The summed E-state index contributed by atoms with van der Waals surface area (Å²) in [5.74, 6) is 0. The number of benzene rings is 1. The molecule has 0 aliphatic carbocycles. The fourth-order valence-corrected chi connectivity index (χ4v) is 1.35. The first-order valence-electron chi connectivity index (χ1n) is 5.26. The van der Waals surface area contributed by atoms with Crippen LogP contribution in [0.3, 0.4) is 0 Å². The van der Waals surface area contributed by atoms with Crippen LogP contribution >= 0.6 is 0 Å². The first kappa shape index (κ1) is 12.4. The highest BCUT2D eigenvalue weighted by atomic mass is 16.6. The van der Waals surface area contributed by atoms with Crippen molar-refractivity contribution >= 4 is 11.8 Å². The quantitative estimate of drug-likeness (QED) is 0.613. The fraction of sp³-hybridized carbons (Fsp3) is 0.333. The lowest BCUT2D eigenvalue weighted by Crippen LogP contribution is -2.14. The number of non-ortho nitro benzene ring substituents is 1. The molecular formula is C12H16N2O2. The SMILES string of the molecule is CCNCC(C)=Cc1ccc([N+](=O)[O-])cc1. The first-order chi connectivity index (χ1) is 7.63. The zero-order chi connectivity index (χ0) is 12.0. The second kappa shape index (κ2) is 6.02. The summed E-state index contributed by atoms with van der Waals surface area (Å²) in [6, 6.07) is 6.56. The number of nitrogens with one attached hydrogen (secondary N) is 1. The third-order valence-corrected chi connectivity index (χ3v) is 2.17. The van der Waals surface area contributed by atoms with E-state index in [9.17, 15) is 10.1 Å². The molecule has 1 N–H and O–H groups in total. The Morgan fingerprint density at radius 2 is 2.06 bits per heavy atom. The number of nitro benzene ring substituents is 1.